The smallest absolute Gasteiger partial charge is 0.137 e. The fourth-order valence-electron chi connectivity index (χ4n) is 13.2. The Balaban J connectivity index is 0.964. The monoisotopic (exact) mass is 811 g/mol. The van der Waals surface area contributed by atoms with Crippen molar-refractivity contribution >= 4 is 102 Å². The average molecular weight is 812 g/mol. The van der Waals surface area contributed by atoms with E-state index in [4.69, 9.17) is 4.42 Å². The molecule has 4 saturated carbocycles. The van der Waals surface area contributed by atoms with Crippen molar-refractivity contribution < 1.29 is 4.42 Å². The van der Waals surface area contributed by atoms with Gasteiger partial charge in [0.25, 0.3) is 0 Å². The van der Waals surface area contributed by atoms with Gasteiger partial charge < -0.3 is 9.32 Å². The zero-order chi connectivity index (χ0) is 39.6. The van der Waals surface area contributed by atoms with Crippen molar-refractivity contribution in [3.63, 3.8) is 0 Å². The molecule has 5 aliphatic rings. The lowest BCUT2D eigenvalue weighted by molar-refractivity contribution is -0.0398. The normalized spacial score (nSPS) is 23.0. The molecule has 7 aromatic carbocycles. The lowest BCUT2D eigenvalue weighted by atomic mass is 9.43. The van der Waals surface area contributed by atoms with Gasteiger partial charge in [0, 0.05) is 79.7 Å². The van der Waals surface area contributed by atoms with Gasteiger partial charge in [0.05, 0.1) is 0 Å². The Morgan fingerprint density at radius 3 is 1.83 bits per heavy atom. The highest BCUT2D eigenvalue weighted by molar-refractivity contribution is 7.26. The Bertz CT molecular complexity index is 3420. The molecular formula is C56H45NOS2. The van der Waals surface area contributed by atoms with Gasteiger partial charge in [0.2, 0.25) is 0 Å². The van der Waals surface area contributed by atoms with E-state index >= 15 is 0 Å². The Morgan fingerprint density at radius 1 is 0.483 bits per heavy atom. The molecule has 5 aliphatic carbocycles. The van der Waals surface area contributed by atoms with Gasteiger partial charge in [-0.3, -0.25) is 0 Å². The lowest BCUT2D eigenvalue weighted by Crippen LogP contribution is -2.55. The van der Waals surface area contributed by atoms with Gasteiger partial charge in [-0.25, -0.2) is 0 Å². The molecule has 3 aromatic heterocycles. The number of rotatable bonds is 3. The van der Waals surface area contributed by atoms with Crippen LogP contribution in [0.2, 0.25) is 0 Å². The first-order valence-electron chi connectivity index (χ1n) is 22.1. The van der Waals surface area contributed by atoms with Crippen LogP contribution >= 0.6 is 22.7 Å². The minimum Gasteiger partial charge on any atom is -0.456 e. The molecule has 292 valence electrons. The molecule has 2 nitrogen and oxygen atoms in total. The van der Waals surface area contributed by atoms with Crippen molar-refractivity contribution in [3.05, 3.63) is 150 Å². The maximum atomic E-state index is 6.45. The van der Waals surface area contributed by atoms with E-state index in [-0.39, 0.29) is 10.8 Å². The number of hydrogen-bond acceptors (Lipinski definition) is 4. The second-order valence-electron chi connectivity index (χ2n) is 19.8. The summed E-state index contributed by atoms with van der Waals surface area (Å²) in [5.74, 6) is 3.31. The minimum absolute atomic E-state index is 0.0755. The fraction of sp³-hybridized carbons (Fsp3) is 0.250. The van der Waals surface area contributed by atoms with Gasteiger partial charge in [-0.05, 0) is 162 Å². The summed E-state index contributed by atoms with van der Waals surface area (Å²) in [4.78, 5) is 2.42. The molecule has 0 unspecified atom stereocenters. The van der Waals surface area contributed by atoms with E-state index in [1.807, 2.05) is 22.7 Å². The van der Waals surface area contributed by atoms with E-state index in [1.165, 1.54) is 89.1 Å². The summed E-state index contributed by atoms with van der Waals surface area (Å²) in [6, 6.07) is 51.1. The van der Waals surface area contributed by atoms with Crippen LogP contribution < -0.4 is 4.90 Å². The number of hydrogen-bond donors (Lipinski definition) is 0. The Kier molecular flexibility index (Phi) is 6.80. The molecule has 0 atom stereocenters. The number of fused-ring (bicyclic) bond motifs is 12. The summed E-state index contributed by atoms with van der Waals surface area (Å²) in [6.45, 7) is 6.86. The number of para-hydroxylation sites is 1. The first kappa shape index (κ1) is 34.3. The molecule has 60 heavy (non-hydrogen) atoms. The topological polar surface area (TPSA) is 16.4 Å². The Morgan fingerprint density at radius 2 is 1.05 bits per heavy atom. The highest BCUT2D eigenvalue weighted by Crippen LogP contribution is 2.70. The standard InChI is InChI=1S/C56H45NOS2/c1-55(2,3)33-12-14-36(15-13-33)57(37-16-18-40-39-8-4-6-10-49(39)58-50(40)25-37)38-17-19-42-46-28-47-44(29-53(46)60-52(42)26-38)43-27-45-41-9-5-7-11-51(41)59-54(45)30-48(43)56(47)34-21-31-20-32(23-34)24-35(56)22-31/h4-19,25-32,34-35H,20-24H2,1-3H3. The summed E-state index contributed by atoms with van der Waals surface area (Å²) in [7, 11) is 0. The largest absolute Gasteiger partial charge is 0.456 e. The summed E-state index contributed by atoms with van der Waals surface area (Å²) in [5.41, 5.74) is 13.1. The highest BCUT2D eigenvalue weighted by Gasteiger charge is 2.61. The van der Waals surface area contributed by atoms with Crippen LogP contribution in [0.4, 0.5) is 17.1 Å². The van der Waals surface area contributed by atoms with Crippen molar-refractivity contribution in [3.8, 4) is 11.1 Å². The van der Waals surface area contributed by atoms with E-state index in [2.05, 4.69) is 159 Å². The van der Waals surface area contributed by atoms with E-state index in [1.54, 1.807) is 11.1 Å². The van der Waals surface area contributed by atoms with E-state index < -0.39 is 0 Å². The number of nitrogens with zero attached hydrogens (tertiary/aromatic N) is 1. The van der Waals surface area contributed by atoms with Crippen LogP contribution in [0.3, 0.4) is 0 Å². The van der Waals surface area contributed by atoms with E-state index in [0.29, 0.717) is 0 Å². The molecule has 1 spiro atoms. The zero-order valence-electron chi connectivity index (χ0n) is 34.2. The molecule has 15 rings (SSSR count). The molecule has 4 heteroatoms. The van der Waals surface area contributed by atoms with Crippen molar-refractivity contribution in [2.75, 3.05) is 4.90 Å². The third-order valence-electron chi connectivity index (χ3n) is 15.6. The molecule has 4 bridgehead atoms. The van der Waals surface area contributed by atoms with Crippen LogP contribution in [-0.2, 0) is 10.8 Å². The fourth-order valence-corrected chi connectivity index (χ4v) is 15.5. The predicted molar refractivity (Wildman–Crippen MR) is 256 cm³/mol. The number of benzene rings is 7. The van der Waals surface area contributed by atoms with Gasteiger partial charge in [-0.2, -0.15) is 0 Å². The summed E-state index contributed by atoms with van der Waals surface area (Å²) in [6.07, 6.45) is 7.06. The zero-order valence-corrected chi connectivity index (χ0v) is 35.9. The number of anilines is 3. The van der Waals surface area contributed by atoms with Crippen molar-refractivity contribution in [1.82, 2.24) is 0 Å². The van der Waals surface area contributed by atoms with Crippen molar-refractivity contribution in [2.24, 2.45) is 23.7 Å². The number of furan rings is 1. The molecule has 0 saturated heterocycles. The maximum absolute atomic E-state index is 6.45. The molecule has 0 aliphatic heterocycles. The number of thiophene rings is 2. The van der Waals surface area contributed by atoms with Crippen molar-refractivity contribution in [2.45, 2.75) is 63.7 Å². The minimum atomic E-state index is 0.0755. The quantitative estimate of drug-likeness (QED) is 0.177. The van der Waals surface area contributed by atoms with Crippen molar-refractivity contribution in [1.29, 1.82) is 0 Å². The van der Waals surface area contributed by atoms with Gasteiger partial charge in [-0.15, -0.1) is 22.7 Å². The van der Waals surface area contributed by atoms with Crippen LogP contribution in [0.15, 0.2) is 138 Å². The first-order chi connectivity index (χ1) is 29.3. The molecule has 3 heterocycles. The Labute approximate surface area is 358 Å². The van der Waals surface area contributed by atoms with E-state index in [9.17, 15) is 0 Å². The molecule has 4 fully saturated rings. The first-order valence-corrected chi connectivity index (χ1v) is 23.7. The summed E-state index contributed by atoms with van der Waals surface area (Å²) >= 11 is 3.96. The third kappa shape index (κ3) is 4.59. The van der Waals surface area contributed by atoms with Gasteiger partial charge in [-0.1, -0.05) is 75.4 Å². The van der Waals surface area contributed by atoms with Crippen LogP contribution in [0, 0.1) is 23.7 Å². The molecule has 10 aromatic rings. The van der Waals surface area contributed by atoms with Crippen LogP contribution in [0.5, 0.6) is 0 Å². The lowest BCUT2D eigenvalue weighted by Gasteiger charge is -2.61. The SMILES string of the molecule is CC(C)(C)c1ccc(N(c2ccc3c(c2)oc2ccccc23)c2ccc3c(c2)sc2cc4c(cc23)C2(c3cc5sc6ccccc6c5cc3-4)C3CC4CC(C3)CC2C4)cc1. The summed E-state index contributed by atoms with van der Waals surface area (Å²) in [5, 5.41) is 7.94. The van der Waals surface area contributed by atoms with Gasteiger partial charge in [0.1, 0.15) is 11.2 Å². The molecule has 0 radical (unpaired) electrons. The average Bonchev–Trinajstić information content (AvgIpc) is 3.98. The molecular weight excluding hydrogens is 767 g/mol. The predicted octanol–water partition coefficient (Wildman–Crippen LogP) is 16.8. The second kappa shape index (κ2) is 11.9. The van der Waals surface area contributed by atoms with Crippen LogP contribution in [0.25, 0.3) is 73.4 Å². The molecule has 0 amide bonds. The van der Waals surface area contributed by atoms with Gasteiger partial charge in [0.15, 0.2) is 0 Å². The maximum Gasteiger partial charge on any atom is 0.137 e. The molecule has 0 N–H and O–H groups in total. The Hall–Kier alpha value is -5.42. The van der Waals surface area contributed by atoms with Gasteiger partial charge >= 0.3 is 0 Å². The van der Waals surface area contributed by atoms with E-state index in [0.717, 1.165) is 62.7 Å². The summed E-state index contributed by atoms with van der Waals surface area (Å²) < 4.78 is 12.1. The highest BCUT2D eigenvalue weighted by atomic mass is 32.1. The second-order valence-corrected chi connectivity index (χ2v) is 21.9. The van der Waals surface area contributed by atoms with Crippen LogP contribution in [-0.4, -0.2) is 0 Å². The third-order valence-corrected chi connectivity index (χ3v) is 17.8. The van der Waals surface area contributed by atoms with Crippen LogP contribution in [0.1, 0.15) is 69.6 Å².